The molecule has 0 aliphatic rings. The summed E-state index contributed by atoms with van der Waals surface area (Å²) < 4.78 is 0. The highest BCUT2D eigenvalue weighted by Gasteiger charge is 2.08. The minimum Gasteiger partial charge on any atom is -0.353 e. The average Bonchev–Trinajstić information content (AvgIpc) is 2.52. The maximum Gasteiger partial charge on any atom is 0.101 e. The van der Waals surface area contributed by atoms with Gasteiger partial charge in [0.05, 0.1) is 27.5 Å². The van der Waals surface area contributed by atoms with Gasteiger partial charge in [-0.25, -0.2) is 0 Å². The molecule has 0 amide bonds. The molecule has 1 N–H and O–H groups in total. The Hall–Kier alpha value is -2.57. The zero-order valence-corrected chi connectivity index (χ0v) is 12.1. The van der Waals surface area contributed by atoms with Crippen LogP contribution in [0.2, 0.25) is 5.02 Å². The van der Waals surface area contributed by atoms with Crippen LogP contribution in [0.3, 0.4) is 0 Å². The van der Waals surface area contributed by atoms with Crippen molar-refractivity contribution in [3.8, 4) is 6.07 Å². The third kappa shape index (κ3) is 2.54. The van der Waals surface area contributed by atoms with Crippen molar-refractivity contribution in [3.05, 3.63) is 64.8 Å². The Morgan fingerprint density at radius 3 is 2.76 bits per heavy atom. The van der Waals surface area contributed by atoms with Gasteiger partial charge in [-0.2, -0.15) is 5.26 Å². The first-order chi connectivity index (χ1) is 10.2. The highest BCUT2D eigenvalue weighted by Crippen LogP contribution is 2.31. The number of aromatic nitrogens is 1. The third-order valence-corrected chi connectivity index (χ3v) is 3.61. The number of nitriles is 1. The first-order valence-electron chi connectivity index (χ1n) is 6.50. The summed E-state index contributed by atoms with van der Waals surface area (Å²) in [5.74, 6) is 0. The van der Waals surface area contributed by atoms with Gasteiger partial charge < -0.3 is 5.32 Å². The molecule has 0 saturated heterocycles. The number of aryl methyl sites for hydroxylation is 1. The molecular weight excluding hydrogens is 282 g/mol. The molecule has 21 heavy (non-hydrogen) atoms. The lowest BCUT2D eigenvalue weighted by atomic mass is 10.1. The molecule has 4 heteroatoms. The number of nitrogens with one attached hydrogen (secondary N) is 1. The monoisotopic (exact) mass is 293 g/mol. The Morgan fingerprint density at radius 1 is 1.14 bits per heavy atom. The van der Waals surface area contributed by atoms with E-state index in [9.17, 15) is 5.26 Å². The number of fused-ring (bicyclic) bond motifs is 1. The molecule has 0 fully saturated rings. The fourth-order valence-corrected chi connectivity index (χ4v) is 2.46. The molecule has 0 atom stereocenters. The zero-order valence-electron chi connectivity index (χ0n) is 11.4. The molecule has 2 aromatic carbocycles. The SMILES string of the molecule is Cc1ccc(Nc2ccc(Cl)c3cccnc23)c(C#N)c1. The van der Waals surface area contributed by atoms with Crippen molar-refractivity contribution >= 4 is 33.9 Å². The maximum atomic E-state index is 9.25. The summed E-state index contributed by atoms with van der Waals surface area (Å²) in [6, 6.07) is 15.4. The number of hydrogen-bond acceptors (Lipinski definition) is 3. The summed E-state index contributed by atoms with van der Waals surface area (Å²) in [6.45, 7) is 1.96. The van der Waals surface area contributed by atoms with Crippen molar-refractivity contribution in [2.24, 2.45) is 0 Å². The topological polar surface area (TPSA) is 48.7 Å². The van der Waals surface area contributed by atoms with Crippen LogP contribution in [0, 0.1) is 18.3 Å². The highest BCUT2D eigenvalue weighted by atomic mass is 35.5. The Labute approximate surface area is 127 Å². The van der Waals surface area contributed by atoms with E-state index in [-0.39, 0.29) is 0 Å². The second kappa shape index (κ2) is 5.43. The van der Waals surface area contributed by atoms with Crippen molar-refractivity contribution in [2.75, 3.05) is 5.32 Å². The smallest absolute Gasteiger partial charge is 0.101 e. The molecule has 1 heterocycles. The molecule has 0 radical (unpaired) electrons. The second-order valence-electron chi connectivity index (χ2n) is 4.78. The fraction of sp³-hybridized carbons (Fsp3) is 0.0588. The van der Waals surface area contributed by atoms with E-state index in [1.807, 2.05) is 49.4 Å². The third-order valence-electron chi connectivity index (χ3n) is 3.28. The van der Waals surface area contributed by atoms with Crippen LogP contribution in [0.15, 0.2) is 48.7 Å². The van der Waals surface area contributed by atoms with E-state index in [0.717, 1.165) is 27.8 Å². The molecule has 3 aromatic rings. The molecule has 0 aliphatic carbocycles. The molecule has 0 unspecified atom stereocenters. The number of anilines is 2. The van der Waals surface area contributed by atoms with Crippen LogP contribution in [0.5, 0.6) is 0 Å². The maximum absolute atomic E-state index is 9.25. The van der Waals surface area contributed by atoms with Gasteiger partial charge in [-0.05, 0) is 48.9 Å². The zero-order chi connectivity index (χ0) is 14.8. The van der Waals surface area contributed by atoms with Gasteiger partial charge in [0.15, 0.2) is 0 Å². The number of pyridine rings is 1. The van der Waals surface area contributed by atoms with Crippen LogP contribution in [0.25, 0.3) is 10.9 Å². The summed E-state index contributed by atoms with van der Waals surface area (Å²) in [5.41, 5.74) is 4.03. The minimum atomic E-state index is 0.606. The molecule has 0 aliphatic heterocycles. The van der Waals surface area contributed by atoms with Crippen LogP contribution in [-0.2, 0) is 0 Å². The van der Waals surface area contributed by atoms with Crippen molar-refractivity contribution in [2.45, 2.75) is 6.92 Å². The molecular formula is C17H12ClN3. The Balaban J connectivity index is 2.11. The van der Waals surface area contributed by atoms with Crippen molar-refractivity contribution in [1.82, 2.24) is 4.98 Å². The molecule has 3 rings (SSSR count). The highest BCUT2D eigenvalue weighted by molar-refractivity contribution is 6.35. The van der Waals surface area contributed by atoms with Crippen molar-refractivity contribution < 1.29 is 0 Å². The Bertz CT molecular complexity index is 866. The van der Waals surface area contributed by atoms with Gasteiger partial charge in [-0.3, -0.25) is 4.98 Å². The quantitative estimate of drug-likeness (QED) is 0.737. The van der Waals surface area contributed by atoms with E-state index >= 15 is 0 Å². The largest absolute Gasteiger partial charge is 0.353 e. The number of halogens is 1. The summed E-state index contributed by atoms with van der Waals surface area (Å²) in [4.78, 5) is 4.38. The molecule has 0 bridgehead atoms. The predicted octanol–water partition coefficient (Wildman–Crippen LogP) is 4.81. The van der Waals surface area contributed by atoms with E-state index in [2.05, 4.69) is 16.4 Å². The van der Waals surface area contributed by atoms with Crippen LogP contribution >= 0.6 is 11.6 Å². The van der Waals surface area contributed by atoms with E-state index in [0.29, 0.717) is 10.6 Å². The normalized spacial score (nSPS) is 10.3. The van der Waals surface area contributed by atoms with Gasteiger partial charge >= 0.3 is 0 Å². The molecule has 0 saturated carbocycles. The lowest BCUT2D eigenvalue weighted by Gasteiger charge is -2.11. The van der Waals surface area contributed by atoms with Gasteiger partial charge in [0, 0.05) is 11.6 Å². The minimum absolute atomic E-state index is 0.606. The summed E-state index contributed by atoms with van der Waals surface area (Å²) >= 11 is 6.19. The first-order valence-corrected chi connectivity index (χ1v) is 6.88. The standard InChI is InChI=1S/C17H12ClN3/c1-11-4-6-15(12(9-11)10-19)21-16-7-5-14(18)13-3-2-8-20-17(13)16/h2-9,21H,1H3. The number of rotatable bonds is 2. The van der Waals surface area contributed by atoms with Crippen LogP contribution < -0.4 is 5.32 Å². The van der Waals surface area contributed by atoms with E-state index in [1.165, 1.54) is 0 Å². The second-order valence-corrected chi connectivity index (χ2v) is 5.19. The number of hydrogen-bond donors (Lipinski definition) is 1. The number of benzene rings is 2. The van der Waals surface area contributed by atoms with Crippen molar-refractivity contribution in [1.29, 1.82) is 5.26 Å². The fourth-order valence-electron chi connectivity index (χ4n) is 2.24. The van der Waals surface area contributed by atoms with Gasteiger partial charge in [0.2, 0.25) is 0 Å². The van der Waals surface area contributed by atoms with Gasteiger partial charge in [0.1, 0.15) is 6.07 Å². The summed E-state index contributed by atoms with van der Waals surface area (Å²) in [6.07, 6.45) is 1.73. The molecule has 102 valence electrons. The van der Waals surface area contributed by atoms with Gasteiger partial charge in [0.25, 0.3) is 0 Å². The van der Waals surface area contributed by atoms with E-state index in [1.54, 1.807) is 6.20 Å². The van der Waals surface area contributed by atoms with Crippen molar-refractivity contribution in [3.63, 3.8) is 0 Å². The van der Waals surface area contributed by atoms with E-state index < -0.39 is 0 Å². The van der Waals surface area contributed by atoms with Crippen LogP contribution in [-0.4, -0.2) is 4.98 Å². The summed E-state index contributed by atoms with van der Waals surface area (Å²) in [5, 5.41) is 14.1. The Morgan fingerprint density at radius 2 is 1.95 bits per heavy atom. The molecule has 1 aromatic heterocycles. The molecule has 0 spiro atoms. The first kappa shape index (κ1) is 13.4. The molecule has 3 nitrogen and oxygen atoms in total. The van der Waals surface area contributed by atoms with Crippen LogP contribution in [0.4, 0.5) is 11.4 Å². The van der Waals surface area contributed by atoms with E-state index in [4.69, 9.17) is 11.6 Å². The Kier molecular flexibility index (Phi) is 3.47. The lowest BCUT2D eigenvalue weighted by Crippen LogP contribution is -1.96. The number of nitrogens with zero attached hydrogens (tertiary/aromatic N) is 2. The van der Waals surface area contributed by atoms with Crippen LogP contribution in [0.1, 0.15) is 11.1 Å². The summed E-state index contributed by atoms with van der Waals surface area (Å²) in [7, 11) is 0. The van der Waals surface area contributed by atoms with Gasteiger partial charge in [-0.15, -0.1) is 0 Å². The average molecular weight is 294 g/mol. The van der Waals surface area contributed by atoms with Gasteiger partial charge in [-0.1, -0.05) is 17.7 Å². The lowest BCUT2D eigenvalue weighted by molar-refractivity contribution is 1.38. The predicted molar refractivity (Wildman–Crippen MR) is 85.9 cm³/mol.